The number of nitrogens with zero attached hydrogens (tertiary/aromatic N) is 2. The highest BCUT2D eigenvalue weighted by Gasteiger charge is 2.46. The van der Waals surface area contributed by atoms with Crippen LogP contribution in [-0.2, 0) is 19.4 Å². The van der Waals surface area contributed by atoms with Gasteiger partial charge in [-0.25, -0.2) is 0 Å². The summed E-state index contributed by atoms with van der Waals surface area (Å²) < 4.78 is 2.14. The van der Waals surface area contributed by atoms with Crippen LogP contribution >= 0.6 is 0 Å². The second-order valence-electron chi connectivity index (χ2n) is 5.12. The molecule has 1 aromatic rings. The number of hydrogen-bond acceptors (Lipinski definition) is 2. The largest absolute Gasteiger partial charge is 0.327 e. The number of aromatic nitrogens is 2. The zero-order chi connectivity index (χ0) is 11.8. The van der Waals surface area contributed by atoms with Crippen LogP contribution in [0.2, 0.25) is 0 Å². The minimum atomic E-state index is 0.304. The third kappa shape index (κ3) is 2.01. The van der Waals surface area contributed by atoms with Crippen molar-refractivity contribution >= 4 is 0 Å². The number of aryl methyl sites for hydroxylation is 2. The van der Waals surface area contributed by atoms with Crippen molar-refractivity contribution in [3.63, 3.8) is 0 Å². The molecule has 3 nitrogen and oxygen atoms in total. The van der Waals surface area contributed by atoms with E-state index in [1.807, 2.05) is 0 Å². The van der Waals surface area contributed by atoms with E-state index < -0.39 is 0 Å². The molecule has 90 valence electrons. The standard InChI is InChI=1S/C13H23N3/c1-4-11-8-12(16(5-2)15-11)9-13(6-7-13)10(3)14/h8,10H,4-7,9,14H2,1-3H3. The van der Waals surface area contributed by atoms with Crippen LogP contribution < -0.4 is 5.73 Å². The minimum Gasteiger partial charge on any atom is -0.327 e. The molecule has 2 rings (SSSR count). The van der Waals surface area contributed by atoms with E-state index in [0.717, 1.165) is 19.4 Å². The van der Waals surface area contributed by atoms with Gasteiger partial charge < -0.3 is 5.73 Å². The molecule has 0 aliphatic heterocycles. The molecular formula is C13H23N3. The van der Waals surface area contributed by atoms with Crippen LogP contribution in [0.1, 0.15) is 45.0 Å². The van der Waals surface area contributed by atoms with Crippen molar-refractivity contribution in [2.75, 3.05) is 0 Å². The first-order valence-electron chi connectivity index (χ1n) is 6.42. The minimum absolute atomic E-state index is 0.304. The quantitative estimate of drug-likeness (QED) is 0.828. The third-order valence-corrected chi connectivity index (χ3v) is 3.97. The molecule has 1 aromatic heterocycles. The summed E-state index contributed by atoms with van der Waals surface area (Å²) in [6.07, 6.45) is 4.68. The molecule has 0 spiro atoms. The van der Waals surface area contributed by atoms with Gasteiger partial charge in [0.25, 0.3) is 0 Å². The lowest BCUT2D eigenvalue weighted by Gasteiger charge is -2.19. The van der Waals surface area contributed by atoms with E-state index in [4.69, 9.17) is 5.73 Å². The van der Waals surface area contributed by atoms with Gasteiger partial charge in [0.05, 0.1) is 5.69 Å². The average Bonchev–Trinajstić information content (AvgIpc) is 2.93. The van der Waals surface area contributed by atoms with E-state index >= 15 is 0 Å². The monoisotopic (exact) mass is 221 g/mol. The summed E-state index contributed by atoms with van der Waals surface area (Å²) in [5, 5.41) is 4.59. The van der Waals surface area contributed by atoms with Crippen LogP contribution in [-0.4, -0.2) is 15.8 Å². The van der Waals surface area contributed by atoms with E-state index in [-0.39, 0.29) is 0 Å². The van der Waals surface area contributed by atoms with Crippen molar-refractivity contribution < 1.29 is 0 Å². The van der Waals surface area contributed by atoms with Gasteiger partial charge in [-0.1, -0.05) is 6.92 Å². The van der Waals surface area contributed by atoms with Crippen molar-refractivity contribution in [3.05, 3.63) is 17.5 Å². The predicted octanol–water partition coefficient (Wildman–Crippen LogP) is 2.14. The number of nitrogens with two attached hydrogens (primary N) is 1. The molecule has 0 aromatic carbocycles. The van der Waals surface area contributed by atoms with Crippen molar-refractivity contribution in [1.82, 2.24) is 9.78 Å². The first-order valence-corrected chi connectivity index (χ1v) is 6.42. The van der Waals surface area contributed by atoms with Crippen LogP contribution in [0.3, 0.4) is 0 Å². The van der Waals surface area contributed by atoms with Crippen LogP contribution in [0.15, 0.2) is 6.07 Å². The van der Waals surface area contributed by atoms with Crippen LogP contribution in [0.4, 0.5) is 0 Å². The SMILES string of the molecule is CCc1cc(CC2(C(C)N)CC2)n(CC)n1. The summed E-state index contributed by atoms with van der Waals surface area (Å²) >= 11 is 0. The molecule has 3 heteroatoms. The van der Waals surface area contributed by atoms with Crippen molar-refractivity contribution in [3.8, 4) is 0 Å². The van der Waals surface area contributed by atoms with E-state index in [1.54, 1.807) is 0 Å². The van der Waals surface area contributed by atoms with Gasteiger partial charge in [-0.2, -0.15) is 5.10 Å². The zero-order valence-corrected chi connectivity index (χ0v) is 10.7. The maximum absolute atomic E-state index is 6.08. The first-order chi connectivity index (χ1) is 7.61. The van der Waals surface area contributed by atoms with E-state index in [0.29, 0.717) is 11.5 Å². The maximum Gasteiger partial charge on any atom is 0.0624 e. The Balaban J connectivity index is 2.17. The highest BCUT2D eigenvalue weighted by atomic mass is 15.3. The fraction of sp³-hybridized carbons (Fsp3) is 0.769. The molecule has 0 amide bonds. The Hall–Kier alpha value is -0.830. The van der Waals surface area contributed by atoms with Gasteiger partial charge in [0, 0.05) is 18.3 Å². The lowest BCUT2D eigenvalue weighted by Crippen LogP contribution is -2.30. The summed E-state index contributed by atoms with van der Waals surface area (Å²) in [6, 6.07) is 2.56. The number of hydrogen-bond donors (Lipinski definition) is 1. The Kier molecular flexibility index (Phi) is 3.06. The molecule has 0 saturated heterocycles. The lowest BCUT2D eigenvalue weighted by atomic mass is 9.92. The van der Waals surface area contributed by atoms with Crippen LogP contribution in [0, 0.1) is 5.41 Å². The molecule has 0 bridgehead atoms. The molecule has 1 aliphatic rings. The lowest BCUT2D eigenvalue weighted by molar-refractivity contribution is 0.403. The van der Waals surface area contributed by atoms with Crippen molar-refractivity contribution in [1.29, 1.82) is 0 Å². The summed E-state index contributed by atoms with van der Waals surface area (Å²) in [5.74, 6) is 0. The molecule has 1 saturated carbocycles. The van der Waals surface area contributed by atoms with Gasteiger partial charge in [-0.3, -0.25) is 4.68 Å². The van der Waals surface area contributed by atoms with Gasteiger partial charge in [-0.15, -0.1) is 0 Å². The first kappa shape index (κ1) is 11.6. The fourth-order valence-corrected chi connectivity index (χ4v) is 2.42. The highest BCUT2D eigenvalue weighted by Crippen LogP contribution is 2.50. The topological polar surface area (TPSA) is 43.8 Å². The fourth-order valence-electron chi connectivity index (χ4n) is 2.42. The molecule has 1 aliphatic carbocycles. The molecule has 2 N–H and O–H groups in total. The molecular weight excluding hydrogens is 198 g/mol. The van der Waals surface area contributed by atoms with Crippen LogP contribution in [0.25, 0.3) is 0 Å². The molecule has 16 heavy (non-hydrogen) atoms. The highest BCUT2D eigenvalue weighted by molar-refractivity contribution is 5.16. The van der Waals surface area contributed by atoms with E-state index in [9.17, 15) is 0 Å². The van der Waals surface area contributed by atoms with Crippen LogP contribution in [0.5, 0.6) is 0 Å². The van der Waals surface area contributed by atoms with Gasteiger partial charge >= 0.3 is 0 Å². The Labute approximate surface area is 98.0 Å². The average molecular weight is 221 g/mol. The summed E-state index contributed by atoms with van der Waals surface area (Å²) in [5.41, 5.74) is 9.03. The van der Waals surface area contributed by atoms with Gasteiger partial charge in [0.1, 0.15) is 0 Å². The third-order valence-electron chi connectivity index (χ3n) is 3.97. The number of rotatable bonds is 5. The summed E-state index contributed by atoms with van der Waals surface area (Å²) in [6.45, 7) is 7.41. The van der Waals surface area contributed by atoms with E-state index in [1.165, 1.54) is 24.2 Å². The smallest absolute Gasteiger partial charge is 0.0624 e. The van der Waals surface area contributed by atoms with E-state index in [2.05, 4.69) is 36.6 Å². The molecule has 0 radical (unpaired) electrons. The van der Waals surface area contributed by atoms with Gasteiger partial charge in [0.2, 0.25) is 0 Å². The molecule has 1 fully saturated rings. The Morgan fingerprint density at radius 2 is 2.19 bits per heavy atom. The summed E-state index contributed by atoms with van der Waals surface area (Å²) in [7, 11) is 0. The maximum atomic E-state index is 6.08. The zero-order valence-electron chi connectivity index (χ0n) is 10.7. The van der Waals surface area contributed by atoms with Gasteiger partial charge in [0.15, 0.2) is 0 Å². The normalized spacial score (nSPS) is 19.8. The second kappa shape index (κ2) is 4.21. The predicted molar refractivity (Wildman–Crippen MR) is 66.3 cm³/mol. The Morgan fingerprint density at radius 3 is 2.62 bits per heavy atom. The molecule has 1 unspecified atom stereocenters. The second-order valence-corrected chi connectivity index (χ2v) is 5.12. The van der Waals surface area contributed by atoms with Crippen molar-refractivity contribution in [2.45, 2.75) is 59.0 Å². The Bertz CT molecular complexity index is 361. The molecule has 1 heterocycles. The van der Waals surface area contributed by atoms with Gasteiger partial charge in [-0.05, 0) is 51.0 Å². The van der Waals surface area contributed by atoms with Crippen molar-refractivity contribution in [2.24, 2.45) is 11.1 Å². The molecule has 1 atom stereocenters. The Morgan fingerprint density at radius 1 is 1.50 bits per heavy atom. The summed E-state index contributed by atoms with van der Waals surface area (Å²) in [4.78, 5) is 0.